The number of piperidine rings is 1. The minimum absolute atomic E-state index is 0.0101. The molecule has 2 aliphatic rings. The highest BCUT2D eigenvalue weighted by Crippen LogP contribution is 2.37. The highest BCUT2D eigenvalue weighted by molar-refractivity contribution is 6.05. The zero-order valence-electron chi connectivity index (χ0n) is 65.0. The number of carbonyl (C=O) groups excluding carboxylic acids is 9. The molecule has 8 aromatic rings. The number of rotatable bonds is 47. The molecule has 0 unspecified atom stereocenters. The van der Waals surface area contributed by atoms with Crippen molar-refractivity contribution in [3.63, 3.8) is 0 Å². The molecule has 41 heteroatoms. The second-order valence-corrected chi connectivity index (χ2v) is 26.7. The lowest BCUT2D eigenvalue weighted by Crippen LogP contribution is -2.49. The maximum Gasteiger partial charge on any atom is 0.291 e. The molecular weight excluding hydrogens is 1500 g/mol. The number of amides is 9. The topological polar surface area (TPSA) is 471 Å². The van der Waals surface area contributed by atoms with Crippen LogP contribution in [0.4, 0.5) is 29.0 Å². The number of nitrogens with one attached hydrogen (secondary N) is 10. The highest BCUT2D eigenvalue weighted by atomic mass is 16.6. The predicted octanol–water partition coefficient (Wildman–Crippen LogP) is 0.798. The zero-order chi connectivity index (χ0) is 81.6. The maximum atomic E-state index is 13.6. The SMILES string of the molecule is Cn1cc(NC(=O)c2nc(NC(=O)CCNC(=O)c3cc(NC(=O)c4nccn4C)cn3C)cn2C)cc1C(=O)NCCC(=O)Nc1cn(C)c(C(=O)NCCC(=O)NCCOCCOCCOCCOCCOCCOCCOCCOCC(=O)N2C[C@H](Nc3nc4cc[nH]c4c(=O)n3C)C[C@H](c3ccc4c(c3)OCCO4)C2)n1. The molecular formula is C74H99N21O20. The van der Waals surface area contributed by atoms with Gasteiger partial charge in [0.2, 0.25) is 41.2 Å². The van der Waals surface area contributed by atoms with E-state index in [2.05, 4.69) is 72.8 Å². The van der Waals surface area contributed by atoms with E-state index in [4.69, 9.17) is 47.4 Å². The van der Waals surface area contributed by atoms with Crippen LogP contribution in [0.15, 0.2) is 84.6 Å². The summed E-state index contributed by atoms with van der Waals surface area (Å²) < 4.78 is 65.2. The first-order valence-electron chi connectivity index (χ1n) is 37.4. The fourth-order valence-electron chi connectivity index (χ4n) is 12.2. The minimum Gasteiger partial charge on any atom is -0.486 e. The Morgan fingerprint density at radius 3 is 1.52 bits per heavy atom. The molecule has 9 amide bonds. The number of aromatic amines is 1. The molecule has 7 aromatic heterocycles. The Bertz CT molecular complexity index is 4690. The van der Waals surface area contributed by atoms with Gasteiger partial charge in [-0.15, -0.1) is 0 Å². The van der Waals surface area contributed by atoms with Crippen LogP contribution >= 0.6 is 0 Å². The second-order valence-electron chi connectivity index (χ2n) is 26.7. The van der Waals surface area contributed by atoms with Crippen LogP contribution < -0.4 is 62.9 Å². The number of benzene rings is 1. The smallest absolute Gasteiger partial charge is 0.291 e. The number of anilines is 5. The number of H-pyrrole nitrogens is 1. The number of hydrogen-bond acceptors (Lipinski definition) is 25. The van der Waals surface area contributed by atoms with Crippen molar-refractivity contribution in [1.82, 2.24) is 78.5 Å². The largest absolute Gasteiger partial charge is 0.486 e. The molecule has 0 bridgehead atoms. The van der Waals surface area contributed by atoms with Gasteiger partial charge in [-0.2, -0.15) is 0 Å². The molecule has 0 saturated carbocycles. The summed E-state index contributed by atoms with van der Waals surface area (Å²) in [5.74, 6) is -2.09. The predicted molar refractivity (Wildman–Crippen MR) is 414 cm³/mol. The summed E-state index contributed by atoms with van der Waals surface area (Å²) in [4.78, 5) is 151. The van der Waals surface area contributed by atoms with Crippen molar-refractivity contribution in [3.05, 3.63) is 125 Å². The van der Waals surface area contributed by atoms with Gasteiger partial charge in [-0.05, 0) is 42.3 Å². The summed E-state index contributed by atoms with van der Waals surface area (Å²) in [5, 5.41) is 24.8. The molecule has 2 atom stereocenters. The van der Waals surface area contributed by atoms with Gasteiger partial charge in [-0.1, -0.05) is 6.07 Å². The summed E-state index contributed by atoms with van der Waals surface area (Å²) in [5.41, 5.74) is 2.84. The lowest BCUT2D eigenvalue weighted by molar-refractivity contribution is -0.138. The van der Waals surface area contributed by atoms with Crippen LogP contribution in [-0.2, 0) is 99.4 Å². The number of likely N-dealkylation sites (tertiary alicyclic amines) is 1. The fourth-order valence-corrected chi connectivity index (χ4v) is 12.2. The van der Waals surface area contributed by atoms with E-state index in [-0.39, 0.29) is 147 Å². The number of fused-ring (bicyclic) bond motifs is 2. The molecule has 0 spiro atoms. The lowest BCUT2D eigenvalue weighted by Gasteiger charge is -2.39. The van der Waals surface area contributed by atoms with Gasteiger partial charge < -0.3 is 128 Å². The first-order chi connectivity index (χ1) is 55.6. The average Bonchev–Trinajstić information content (AvgIpc) is 1.59. The first kappa shape index (κ1) is 85.6. The summed E-state index contributed by atoms with van der Waals surface area (Å²) in [7, 11) is 9.70. The van der Waals surface area contributed by atoms with Crippen LogP contribution in [-0.4, -0.2) is 275 Å². The third kappa shape index (κ3) is 25.8. The zero-order valence-corrected chi connectivity index (χ0v) is 65.0. The number of carbonyl (C=O) groups is 9. The van der Waals surface area contributed by atoms with E-state index in [0.29, 0.717) is 146 Å². The molecule has 2 aliphatic heterocycles. The maximum absolute atomic E-state index is 13.6. The molecule has 1 fully saturated rings. The Labute approximate surface area is 660 Å². The van der Waals surface area contributed by atoms with E-state index < -0.39 is 41.4 Å². The van der Waals surface area contributed by atoms with Crippen molar-refractivity contribution >= 4 is 93.2 Å². The monoisotopic (exact) mass is 1600 g/mol. The van der Waals surface area contributed by atoms with Crippen molar-refractivity contribution in [2.45, 2.75) is 37.6 Å². The quantitative estimate of drug-likeness (QED) is 0.0236. The Morgan fingerprint density at radius 2 is 0.983 bits per heavy atom. The van der Waals surface area contributed by atoms with Gasteiger partial charge in [0.15, 0.2) is 29.0 Å². The molecule has 115 heavy (non-hydrogen) atoms. The standard InChI is InChI=1S/C74H99N21O20/c1-89-19-17-77-65(89)71(103)81-51-39-54(90(2)42-51)68(100)78-16-12-62(98)86-59-46-93(5)67(88-59)72(104)82-52-40-55(91(3)43-52)69(101)79-15-11-61(97)85-58-45-92(4)66(87-58)70(102)80-14-10-60(96)75-18-20-106-21-22-107-23-24-108-25-26-109-27-28-110-29-30-111-31-32-112-33-34-113-47-63(99)95-41-49(48-7-8-56-57(38-48)115-36-35-114-56)37-50(44-95)83-74-84-53-9-13-76-64(53)73(105)94(74)6/h7-9,13,17,19,38-40,42-43,45-46,49-50,76H,10-12,14-16,18,20-37,41,44,47H2,1-6H3,(H,75,96)(H,78,100)(H,79,101)(H,80,102)(H,81,103)(H,82,104)(H,83,84)(H,85,97)(H,86,98)/t49-,50+/m0/s1. The van der Waals surface area contributed by atoms with E-state index in [1.165, 1.54) is 59.8 Å². The van der Waals surface area contributed by atoms with Gasteiger partial charge in [-0.3, -0.25) is 52.5 Å². The van der Waals surface area contributed by atoms with Gasteiger partial charge in [-0.25, -0.2) is 19.9 Å². The third-order valence-corrected chi connectivity index (χ3v) is 18.0. The average molecular weight is 1600 g/mol. The summed E-state index contributed by atoms with van der Waals surface area (Å²) in [6.45, 7) is 7.03. The van der Waals surface area contributed by atoms with Crippen molar-refractivity contribution < 1.29 is 90.5 Å². The molecule has 10 N–H and O–H groups in total. The van der Waals surface area contributed by atoms with E-state index in [1.807, 2.05) is 18.2 Å². The number of aromatic nitrogens is 11. The Balaban J connectivity index is 0.479. The molecule has 620 valence electrons. The normalized spacial score (nSPS) is 13.8. The number of imidazole rings is 3. The third-order valence-electron chi connectivity index (χ3n) is 18.0. The molecule has 41 nitrogen and oxygen atoms in total. The van der Waals surface area contributed by atoms with Gasteiger partial charge >= 0.3 is 0 Å². The van der Waals surface area contributed by atoms with E-state index >= 15 is 0 Å². The van der Waals surface area contributed by atoms with Crippen LogP contribution in [0, 0.1) is 0 Å². The van der Waals surface area contributed by atoms with Gasteiger partial charge in [0, 0.05) is 156 Å². The number of hydrogen-bond donors (Lipinski definition) is 10. The molecule has 10 rings (SSSR count). The molecule has 0 radical (unpaired) electrons. The van der Waals surface area contributed by atoms with Crippen molar-refractivity contribution in [3.8, 4) is 11.5 Å². The number of nitrogens with zero attached hydrogens (tertiary/aromatic N) is 11. The van der Waals surface area contributed by atoms with E-state index in [9.17, 15) is 47.9 Å². The number of aryl methyl sites for hydroxylation is 5. The van der Waals surface area contributed by atoms with Crippen LogP contribution in [0.2, 0.25) is 0 Å². The minimum atomic E-state index is -0.642. The molecule has 1 saturated heterocycles. The van der Waals surface area contributed by atoms with Crippen LogP contribution in [0.1, 0.15) is 90.0 Å². The molecule has 0 aliphatic carbocycles. The van der Waals surface area contributed by atoms with Crippen molar-refractivity contribution in [2.24, 2.45) is 42.3 Å². The summed E-state index contributed by atoms with van der Waals surface area (Å²) in [6, 6.07) is 10.4. The molecule has 1 aromatic carbocycles. The first-order valence-corrected chi connectivity index (χ1v) is 37.4. The lowest BCUT2D eigenvalue weighted by atomic mass is 9.87. The molecule has 9 heterocycles. The van der Waals surface area contributed by atoms with Gasteiger partial charge in [0.1, 0.15) is 36.7 Å². The fraction of sp³-hybridized carbons (Fsp3) is 0.486. The second kappa shape index (κ2) is 43.4. The number of ether oxygens (including phenoxy) is 10. The Morgan fingerprint density at radius 1 is 0.487 bits per heavy atom. The van der Waals surface area contributed by atoms with Crippen LogP contribution in [0.3, 0.4) is 0 Å². The Hall–Kier alpha value is -11.9. The summed E-state index contributed by atoms with van der Waals surface area (Å²) >= 11 is 0. The van der Waals surface area contributed by atoms with E-state index in [1.54, 1.807) is 76.4 Å². The van der Waals surface area contributed by atoms with Crippen molar-refractivity contribution in [2.75, 3.05) is 185 Å². The van der Waals surface area contributed by atoms with Crippen molar-refractivity contribution in [1.29, 1.82) is 0 Å². The van der Waals surface area contributed by atoms with Crippen LogP contribution in [0.25, 0.3) is 11.0 Å². The van der Waals surface area contributed by atoms with Gasteiger partial charge in [0.05, 0.1) is 116 Å². The highest BCUT2D eigenvalue weighted by Gasteiger charge is 2.33. The van der Waals surface area contributed by atoms with Crippen LogP contribution in [0.5, 0.6) is 11.5 Å². The van der Waals surface area contributed by atoms with Gasteiger partial charge in [0.25, 0.3) is 35.1 Å². The summed E-state index contributed by atoms with van der Waals surface area (Å²) in [6.07, 6.45) is 11.2. The Kier molecular flexibility index (Phi) is 32.3. The van der Waals surface area contributed by atoms with E-state index in [0.717, 1.165) is 5.56 Å².